The lowest BCUT2D eigenvalue weighted by Crippen LogP contribution is -2.48. The highest BCUT2D eigenvalue weighted by Crippen LogP contribution is 2.32. The van der Waals surface area contributed by atoms with Gasteiger partial charge in [-0.3, -0.25) is 4.40 Å². The quantitative estimate of drug-likeness (QED) is 0.816. The van der Waals surface area contributed by atoms with Crippen molar-refractivity contribution >= 4 is 16.3 Å². The number of imidazole rings is 1. The molecule has 3 rings (SSSR count). The first kappa shape index (κ1) is 8.44. The van der Waals surface area contributed by atoms with E-state index in [-0.39, 0.29) is 5.54 Å². The van der Waals surface area contributed by atoms with Crippen LogP contribution in [0.5, 0.6) is 0 Å². The van der Waals surface area contributed by atoms with E-state index in [2.05, 4.69) is 15.6 Å². The molecule has 74 valence electrons. The summed E-state index contributed by atoms with van der Waals surface area (Å²) in [7, 11) is 0. The van der Waals surface area contributed by atoms with E-state index in [9.17, 15) is 0 Å². The Morgan fingerprint density at radius 1 is 1.57 bits per heavy atom. The molecule has 0 atom stereocenters. The number of aromatic nitrogens is 2. The van der Waals surface area contributed by atoms with E-state index in [1.807, 2.05) is 11.6 Å². The lowest BCUT2D eigenvalue weighted by molar-refractivity contribution is 0.246. The van der Waals surface area contributed by atoms with Crippen LogP contribution in [0.3, 0.4) is 0 Å². The van der Waals surface area contributed by atoms with E-state index in [1.54, 1.807) is 11.3 Å². The van der Waals surface area contributed by atoms with Gasteiger partial charge in [-0.05, 0) is 19.3 Å². The lowest BCUT2D eigenvalue weighted by Gasteiger charge is -2.37. The summed E-state index contributed by atoms with van der Waals surface area (Å²) >= 11 is 1.67. The van der Waals surface area contributed by atoms with Crippen molar-refractivity contribution in [1.29, 1.82) is 0 Å². The molecule has 0 aromatic carbocycles. The Morgan fingerprint density at radius 2 is 2.43 bits per heavy atom. The predicted octanol–water partition coefficient (Wildman–Crippen LogP) is 1.82. The highest BCUT2D eigenvalue weighted by Gasteiger charge is 2.33. The van der Waals surface area contributed by atoms with Crippen LogP contribution in [-0.2, 0) is 6.42 Å². The molecule has 0 saturated heterocycles. The van der Waals surface area contributed by atoms with Crippen LogP contribution in [0, 0.1) is 0 Å². The molecule has 0 bridgehead atoms. The van der Waals surface area contributed by atoms with E-state index >= 15 is 0 Å². The Labute approximate surface area is 86.6 Å². The zero-order valence-electron chi connectivity index (χ0n) is 7.94. The van der Waals surface area contributed by atoms with Gasteiger partial charge in [0.15, 0.2) is 4.96 Å². The maximum atomic E-state index is 6.18. The van der Waals surface area contributed by atoms with Gasteiger partial charge < -0.3 is 5.73 Å². The Kier molecular flexibility index (Phi) is 1.69. The van der Waals surface area contributed by atoms with Crippen LogP contribution >= 0.6 is 11.3 Å². The Morgan fingerprint density at radius 3 is 3.07 bits per heavy atom. The standard InChI is InChI=1S/C10H13N3S/c11-10(2-1-3-10)6-8-7-13-4-5-14-9(13)12-8/h4-5,7H,1-3,6,11H2. The van der Waals surface area contributed by atoms with Crippen LogP contribution in [-0.4, -0.2) is 14.9 Å². The first-order valence-electron chi connectivity index (χ1n) is 4.95. The fourth-order valence-corrected chi connectivity index (χ4v) is 2.75. The zero-order chi connectivity index (χ0) is 9.60. The van der Waals surface area contributed by atoms with Crippen molar-refractivity contribution in [3.05, 3.63) is 23.5 Å². The van der Waals surface area contributed by atoms with E-state index in [0.29, 0.717) is 0 Å². The van der Waals surface area contributed by atoms with E-state index in [0.717, 1.165) is 29.9 Å². The second-order valence-corrected chi connectivity index (χ2v) is 5.09. The van der Waals surface area contributed by atoms with Gasteiger partial charge in [0.2, 0.25) is 0 Å². The van der Waals surface area contributed by atoms with Gasteiger partial charge in [-0.15, -0.1) is 11.3 Å². The maximum absolute atomic E-state index is 6.18. The number of thiazole rings is 1. The Balaban J connectivity index is 1.88. The van der Waals surface area contributed by atoms with E-state index in [4.69, 9.17) is 5.73 Å². The molecule has 2 aromatic heterocycles. The zero-order valence-corrected chi connectivity index (χ0v) is 8.76. The smallest absolute Gasteiger partial charge is 0.193 e. The Bertz CT molecular complexity index is 424. The number of rotatable bonds is 2. The van der Waals surface area contributed by atoms with Crippen molar-refractivity contribution in [3.63, 3.8) is 0 Å². The van der Waals surface area contributed by atoms with Crippen molar-refractivity contribution in [2.75, 3.05) is 0 Å². The van der Waals surface area contributed by atoms with Gasteiger partial charge in [-0.25, -0.2) is 4.98 Å². The molecule has 0 aliphatic heterocycles. The minimum Gasteiger partial charge on any atom is -0.325 e. The number of nitrogens with zero attached hydrogens (tertiary/aromatic N) is 2. The third-order valence-corrected chi connectivity index (χ3v) is 3.80. The summed E-state index contributed by atoms with van der Waals surface area (Å²) < 4.78 is 2.07. The fourth-order valence-electron chi connectivity index (χ4n) is 2.03. The van der Waals surface area contributed by atoms with Gasteiger partial charge in [0.25, 0.3) is 0 Å². The van der Waals surface area contributed by atoms with Crippen molar-refractivity contribution in [1.82, 2.24) is 9.38 Å². The van der Waals surface area contributed by atoms with Crippen LogP contribution in [0.1, 0.15) is 25.0 Å². The predicted molar refractivity (Wildman–Crippen MR) is 57.5 cm³/mol. The summed E-state index contributed by atoms with van der Waals surface area (Å²) in [4.78, 5) is 5.61. The molecule has 0 amide bonds. The first-order chi connectivity index (χ1) is 6.75. The van der Waals surface area contributed by atoms with Crippen LogP contribution in [0.4, 0.5) is 0 Å². The minimum absolute atomic E-state index is 0.0457. The van der Waals surface area contributed by atoms with Gasteiger partial charge in [-0.1, -0.05) is 0 Å². The average molecular weight is 207 g/mol. The summed E-state index contributed by atoms with van der Waals surface area (Å²) in [5.74, 6) is 0. The molecule has 14 heavy (non-hydrogen) atoms. The summed E-state index contributed by atoms with van der Waals surface area (Å²) in [5.41, 5.74) is 7.36. The third-order valence-electron chi connectivity index (χ3n) is 3.03. The molecule has 1 fully saturated rings. The second-order valence-electron chi connectivity index (χ2n) is 4.22. The van der Waals surface area contributed by atoms with Crippen molar-refractivity contribution < 1.29 is 0 Å². The average Bonchev–Trinajstić information content (AvgIpc) is 2.60. The largest absolute Gasteiger partial charge is 0.325 e. The summed E-state index contributed by atoms with van der Waals surface area (Å²) in [6, 6.07) is 0. The van der Waals surface area contributed by atoms with Gasteiger partial charge in [0.1, 0.15) is 0 Å². The fraction of sp³-hybridized carbons (Fsp3) is 0.500. The first-order valence-corrected chi connectivity index (χ1v) is 5.83. The normalized spacial score (nSPS) is 19.8. The SMILES string of the molecule is NC1(Cc2cn3ccsc3n2)CCC1. The summed E-state index contributed by atoms with van der Waals surface area (Å²) in [5, 5.41) is 2.05. The molecule has 0 spiro atoms. The van der Waals surface area contributed by atoms with Crippen LogP contribution < -0.4 is 5.73 Å². The van der Waals surface area contributed by atoms with Crippen LogP contribution in [0.25, 0.3) is 4.96 Å². The van der Waals surface area contributed by atoms with Gasteiger partial charge in [0, 0.05) is 29.7 Å². The van der Waals surface area contributed by atoms with Gasteiger partial charge >= 0.3 is 0 Å². The highest BCUT2D eigenvalue weighted by atomic mass is 32.1. The number of hydrogen-bond donors (Lipinski definition) is 1. The van der Waals surface area contributed by atoms with Crippen LogP contribution in [0.15, 0.2) is 17.8 Å². The minimum atomic E-state index is 0.0457. The molecule has 0 unspecified atom stereocenters. The molecule has 2 aromatic rings. The lowest BCUT2D eigenvalue weighted by atomic mass is 9.75. The van der Waals surface area contributed by atoms with Crippen molar-refractivity contribution in [3.8, 4) is 0 Å². The topological polar surface area (TPSA) is 43.3 Å². The van der Waals surface area contributed by atoms with E-state index < -0.39 is 0 Å². The molecule has 1 saturated carbocycles. The van der Waals surface area contributed by atoms with E-state index in [1.165, 1.54) is 6.42 Å². The van der Waals surface area contributed by atoms with Gasteiger partial charge in [0.05, 0.1) is 5.69 Å². The second kappa shape index (κ2) is 2.81. The molecule has 3 nitrogen and oxygen atoms in total. The van der Waals surface area contributed by atoms with Gasteiger partial charge in [-0.2, -0.15) is 0 Å². The monoisotopic (exact) mass is 207 g/mol. The molecular weight excluding hydrogens is 194 g/mol. The molecule has 2 heterocycles. The number of hydrogen-bond acceptors (Lipinski definition) is 3. The molecule has 1 aliphatic carbocycles. The Hall–Kier alpha value is -0.870. The summed E-state index contributed by atoms with van der Waals surface area (Å²) in [6.07, 6.45) is 8.65. The summed E-state index contributed by atoms with van der Waals surface area (Å²) in [6.45, 7) is 0. The van der Waals surface area contributed by atoms with Crippen LogP contribution in [0.2, 0.25) is 0 Å². The maximum Gasteiger partial charge on any atom is 0.193 e. The number of fused-ring (bicyclic) bond motifs is 1. The third kappa shape index (κ3) is 1.26. The molecule has 2 N–H and O–H groups in total. The van der Waals surface area contributed by atoms with Crippen molar-refractivity contribution in [2.45, 2.75) is 31.2 Å². The molecule has 4 heteroatoms. The molecular formula is C10H13N3S. The highest BCUT2D eigenvalue weighted by molar-refractivity contribution is 7.15. The number of nitrogens with two attached hydrogens (primary N) is 1. The van der Waals surface area contributed by atoms with Crippen molar-refractivity contribution in [2.24, 2.45) is 5.73 Å². The molecule has 0 radical (unpaired) electrons. The molecule has 1 aliphatic rings.